The fourth-order valence-electron chi connectivity index (χ4n) is 3.79. The fourth-order valence-corrected chi connectivity index (χ4v) is 3.79. The molecule has 2 aliphatic rings. The van der Waals surface area contributed by atoms with E-state index >= 15 is 0 Å². The minimum atomic E-state index is -0.976. The summed E-state index contributed by atoms with van der Waals surface area (Å²) in [4.78, 5) is 13.5. The number of likely N-dealkylation sites (tertiary alicyclic amines) is 1. The average Bonchev–Trinajstić information content (AvgIpc) is 3.12. The van der Waals surface area contributed by atoms with Gasteiger partial charge in [0.05, 0.1) is 6.54 Å². The van der Waals surface area contributed by atoms with Gasteiger partial charge < -0.3 is 19.7 Å². The predicted octanol–water partition coefficient (Wildman–Crippen LogP) is 2.09. The first-order chi connectivity index (χ1) is 13.1. The topological polar surface area (TPSA) is 52.0 Å². The number of carbonyl (C=O) groups is 1. The zero-order valence-electron chi connectivity index (χ0n) is 14.8. The Balaban J connectivity index is 1.43. The maximum Gasteiger partial charge on any atom is 0.279 e. The van der Waals surface area contributed by atoms with Crippen molar-refractivity contribution in [3.63, 3.8) is 0 Å². The number of quaternary nitrogens is 1. The van der Waals surface area contributed by atoms with Crippen molar-refractivity contribution in [1.29, 1.82) is 0 Å². The molecule has 0 bridgehead atoms. The Morgan fingerprint density at radius 2 is 1.89 bits per heavy atom. The molecule has 2 aliphatic heterocycles. The Bertz CT molecular complexity index is 859. The van der Waals surface area contributed by atoms with E-state index in [1.807, 2.05) is 18.2 Å². The van der Waals surface area contributed by atoms with Crippen LogP contribution in [-0.2, 0) is 4.79 Å². The SMILES string of the molecule is O=C(C[NH+]1CCC[C@@H]1c1ccc2c(c1)OCCO2)Nc1ccc(F)c(F)c1. The summed E-state index contributed by atoms with van der Waals surface area (Å²) >= 11 is 0. The van der Waals surface area contributed by atoms with Gasteiger partial charge in [0.1, 0.15) is 19.3 Å². The third-order valence-corrected chi connectivity index (χ3v) is 5.04. The number of fused-ring (bicyclic) bond motifs is 1. The quantitative estimate of drug-likeness (QED) is 0.861. The third kappa shape index (κ3) is 3.88. The van der Waals surface area contributed by atoms with E-state index in [0.717, 1.165) is 53.5 Å². The summed E-state index contributed by atoms with van der Waals surface area (Å²) in [5.41, 5.74) is 1.38. The van der Waals surface area contributed by atoms with Crippen molar-refractivity contribution in [1.82, 2.24) is 0 Å². The zero-order valence-corrected chi connectivity index (χ0v) is 14.8. The first-order valence-electron chi connectivity index (χ1n) is 9.09. The second kappa shape index (κ2) is 7.52. The molecule has 142 valence electrons. The van der Waals surface area contributed by atoms with Crippen LogP contribution in [0, 0.1) is 11.6 Å². The van der Waals surface area contributed by atoms with Crippen LogP contribution >= 0.6 is 0 Å². The van der Waals surface area contributed by atoms with Gasteiger partial charge in [0.2, 0.25) is 0 Å². The Labute approximate surface area is 155 Å². The van der Waals surface area contributed by atoms with Crippen LogP contribution in [0.25, 0.3) is 0 Å². The molecule has 1 amide bonds. The third-order valence-electron chi connectivity index (χ3n) is 5.04. The molecule has 2 aromatic rings. The minimum Gasteiger partial charge on any atom is -0.486 e. The van der Waals surface area contributed by atoms with Gasteiger partial charge in [-0.15, -0.1) is 0 Å². The lowest BCUT2D eigenvalue weighted by Gasteiger charge is -2.24. The van der Waals surface area contributed by atoms with Crippen molar-refractivity contribution in [3.8, 4) is 11.5 Å². The summed E-state index contributed by atoms with van der Waals surface area (Å²) in [7, 11) is 0. The summed E-state index contributed by atoms with van der Waals surface area (Å²) < 4.78 is 37.5. The molecule has 2 heterocycles. The molecule has 7 heteroatoms. The minimum absolute atomic E-state index is 0.191. The number of anilines is 1. The van der Waals surface area contributed by atoms with Crippen molar-refractivity contribution in [2.75, 3.05) is 31.6 Å². The highest BCUT2D eigenvalue weighted by Crippen LogP contribution is 2.33. The first-order valence-corrected chi connectivity index (χ1v) is 9.09. The van der Waals surface area contributed by atoms with Gasteiger partial charge in [0.25, 0.3) is 5.91 Å². The number of hydrogen-bond donors (Lipinski definition) is 2. The van der Waals surface area contributed by atoms with Gasteiger partial charge in [-0.2, -0.15) is 0 Å². The van der Waals surface area contributed by atoms with E-state index in [1.165, 1.54) is 6.07 Å². The lowest BCUT2D eigenvalue weighted by Crippen LogP contribution is -3.11. The van der Waals surface area contributed by atoms with Crippen molar-refractivity contribution in [2.24, 2.45) is 0 Å². The number of amides is 1. The van der Waals surface area contributed by atoms with Gasteiger partial charge in [-0.05, 0) is 30.3 Å². The lowest BCUT2D eigenvalue weighted by molar-refractivity contribution is -0.910. The molecule has 2 N–H and O–H groups in total. The summed E-state index contributed by atoms with van der Waals surface area (Å²) in [5, 5.41) is 2.65. The van der Waals surface area contributed by atoms with E-state index in [2.05, 4.69) is 5.32 Å². The van der Waals surface area contributed by atoms with Crippen molar-refractivity contribution in [2.45, 2.75) is 18.9 Å². The van der Waals surface area contributed by atoms with Gasteiger partial charge >= 0.3 is 0 Å². The van der Waals surface area contributed by atoms with Crippen LogP contribution in [-0.4, -0.2) is 32.2 Å². The van der Waals surface area contributed by atoms with Gasteiger partial charge in [-0.1, -0.05) is 0 Å². The Kier molecular flexibility index (Phi) is 4.94. The van der Waals surface area contributed by atoms with Crippen LogP contribution in [0.15, 0.2) is 36.4 Å². The van der Waals surface area contributed by atoms with E-state index in [4.69, 9.17) is 9.47 Å². The zero-order chi connectivity index (χ0) is 18.8. The summed E-state index contributed by atoms with van der Waals surface area (Å²) in [6, 6.07) is 9.48. The number of nitrogens with one attached hydrogen (secondary N) is 2. The molecule has 2 aromatic carbocycles. The standard InChI is InChI=1S/C20H20F2N2O3/c21-15-5-4-14(11-16(15)22)23-20(25)12-24-7-1-2-17(24)13-3-6-18-19(10-13)27-9-8-26-18/h3-6,10-11,17H,1-2,7-9,12H2,(H,23,25)/p+1/t17-/m1/s1. The maximum atomic E-state index is 13.3. The molecular weight excluding hydrogens is 354 g/mol. The first kappa shape index (κ1) is 17.7. The number of benzene rings is 2. The molecule has 5 nitrogen and oxygen atoms in total. The van der Waals surface area contributed by atoms with Crippen molar-refractivity contribution in [3.05, 3.63) is 53.6 Å². The highest BCUT2D eigenvalue weighted by molar-refractivity contribution is 5.91. The second-order valence-corrected chi connectivity index (χ2v) is 6.86. The Hall–Kier alpha value is -2.67. The van der Waals surface area contributed by atoms with Gasteiger partial charge in [-0.25, -0.2) is 8.78 Å². The summed E-state index contributed by atoms with van der Waals surface area (Å²) in [5.74, 6) is -0.635. The lowest BCUT2D eigenvalue weighted by atomic mass is 10.0. The number of ether oxygens (including phenoxy) is 2. The van der Waals surface area contributed by atoms with Crippen LogP contribution in [0.2, 0.25) is 0 Å². The molecule has 0 aromatic heterocycles. The normalized spacial score (nSPS) is 21.1. The number of hydrogen-bond acceptors (Lipinski definition) is 3. The Morgan fingerprint density at radius 3 is 2.70 bits per heavy atom. The van der Waals surface area contributed by atoms with Gasteiger partial charge in [0.15, 0.2) is 29.7 Å². The van der Waals surface area contributed by atoms with E-state index in [0.29, 0.717) is 13.2 Å². The molecule has 0 aliphatic carbocycles. The number of carbonyl (C=O) groups excluding carboxylic acids is 1. The highest BCUT2D eigenvalue weighted by atomic mass is 19.2. The van der Waals surface area contributed by atoms with E-state index in [1.54, 1.807) is 0 Å². The van der Waals surface area contributed by atoms with E-state index in [9.17, 15) is 13.6 Å². The molecular formula is C20H21F2N2O3+. The number of halogens is 2. The highest BCUT2D eigenvalue weighted by Gasteiger charge is 2.32. The fraction of sp³-hybridized carbons (Fsp3) is 0.350. The molecule has 1 saturated heterocycles. The van der Waals surface area contributed by atoms with Crippen LogP contribution in [0.3, 0.4) is 0 Å². The summed E-state index contributed by atoms with van der Waals surface area (Å²) in [6.45, 7) is 2.23. The molecule has 0 saturated carbocycles. The number of rotatable bonds is 4. The molecule has 2 atom stereocenters. The molecule has 1 unspecified atom stereocenters. The van der Waals surface area contributed by atoms with E-state index < -0.39 is 11.6 Å². The van der Waals surface area contributed by atoms with Crippen molar-refractivity contribution < 1.29 is 27.9 Å². The molecule has 0 spiro atoms. The van der Waals surface area contributed by atoms with Crippen molar-refractivity contribution >= 4 is 11.6 Å². The van der Waals surface area contributed by atoms with E-state index in [-0.39, 0.29) is 24.2 Å². The smallest absolute Gasteiger partial charge is 0.279 e. The maximum absolute atomic E-state index is 13.3. The monoisotopic (exact) mass is 375 g/mol. The predicted molar refractivity (Wildman–Crippen MR) is 95.1 cm³/mol. The van der Waals surface area contributed by atoms with Gasteiger partial charge in [-0.3, -0.25) is 4.79 Å². The molecule has 0 radical (unpaired) electrons. The molecule has 4 rings (SSSR count). The second-order valence-electron chi connectivity index (χ2n) is 6.86. The van der Waals surface area contributed by atoms with Crippen LogP contribution in [0.1, 0.15) is 24.4 Å². The van der Waals surface area contributed by atoms with Gasteiger partial charge in [0, 0.05) is 30.2 Å². The average molecular weight is 375 g/mol. The summed E-state index contributed by atoms with van der Waals surface area (Å²) in [6.07, 6.45) is 2.00. The van der Waals surface area contributed by atoms with Crippen LogP contribution in [0.5, 0.6) is 11.5 Å². The molecule has 27 heavy (non-hydrogen) atoms. The van der Waals surface area contributed by atoms with Crippen LogP contribution in [0.4, 0.5) is 14.5 Å². The van der Waals surface area contributed by atoms with Crippen LogP contribution < -0.4 is 19.7 Å². The largest absolute Gasteiger partial charge is 0.486 e. The molecule has 1 fully saturated rings. The Morgan fingerprint density at radius 1 is 1.07 bits per heavy atom.